The molecule has 2 amide bonds. The molecule has 2 atom stereocenters. The first-order chi connectivity index (χ1) is 20.0. The van der Waals surface area contributed by atoms with Gasteiger partial charge in [0.2, 0.25) is 11.8 Å². The number of nitrogens with zero attached hydrogens (tertiary/aromatic N) is 2. The Bertz CT molecular complexity index is 1450. The lowest BCUT2D eigenvalue weighted by Gasteiger charge is -2.34. The van der Waals surface area contributed by atoms with Crippen molar-refractivity contribution in [3.63, 3.8) is 0 Å². The number of benzene rings is 3. The van der Waals surface area contributed by atoms with E-state index in [1.54, 1.807) is 48.5 Å². The lowest BCUT2D eigenvalue weighted by molar-refractivity contribution is -0.140. The van der Waals surface area contributed by atoms with Gasteiger partial charge in [-0.05, 0) is 86.8 Å². The normalized spacial score (nSPS) is 12.7. The van der Waals surface area contributed by atoms with Gasteiger partial charge in [0.1, 0.15) is 18.3 Å². The highest BCUT2D eigenvalue weighted by Gasteiger charge is 2.34. The zero-order valence-electron chi connectivity index (χ0n) is 24.2. The highest BCUT2D eigenvalue weighted by atomic mass is 35.5. The van der Waals surface area contributed by atoms with Crippen LogP contribution in [-0.2, 0) is 26.2 Å². The predicted octanol–water partition coefficient (Wildman–Crippen LogP) is 6.31. The molecule has 3 rings (SSSR count). The summed E-state index contributed by atoms with van der Waals surface area (Å²) in [5, 5.41) is 3.77. The van der Waals surface area contributed by atoms with E-state index in [0.29, 0.717) is 40.8 Å². The Hall–Kier alpha value is -3.27. The van der Waals surface area contributed by atoms with Crippen LogP contribution >= 0.6 is 23.2 Å². The second kappa shape index (κ2) is 15.3. The Kier molecular flexibility index (Phi) is 12.1. The first-order valence-corrected chi connectivity index (χ1v) is 16.1. The molecular formula is C31H37Cl2N3O5S. The van der Waals surface area contributed by atoms with Crippen molar-refractivity contribution in [1.82, 2.24) is 10.2 Å². The lowest BCUT2D eigenvalue weighted by atomic mass is 10.1. The van der Waals surface area contributed by atoms with Gasteiger partial charge in [-0.2, -0.15) is 0 Å². The van der Waals surface area contributed by atoms with Gasteiger partial charge in [0.25, 0.3) is 10.0 Å². The zero-order chi connectivity index (χ0) is 30.9. The molecule has 3 aromatic carbocycles. The largest absolute Gasteiger partial charge is 0.494 e. The Morgan fingerprint density at radius 1 is 0.905 bits per heavy atom. The fraction of sp³-hybridized carbons (Fsp3) is 0.355. The van der Waals surface area contributed by atoms with Crippen LogP contribution in [0.2, 0.25) is 10.0 Å². The molecule has 0 aliphatic rings. The van der Waals surface area contributed by atoms with Gasteiger partial charge < -0.3 is 15.0 Å². The number of hydrogen-bond donors (Lipinski definition) is 1. The number of nitrogens with one attached hydrogen (secondary N) is 1. The van der Waals surface area contributed by atoms with Crippen LogP contribution in [0.3, 0.4) is 0 Å². The molecule has 0 heterocycles. The van der Waals surface area contributed by atoms with E-state index >= 15 is 0 Å². The van der Waals surface area contributed by atoms with Crippen LogP contribution in [0, 0.1) is 0 Å². The molecule has 0 aliphatic heterocycles. The Morgan fingerprint density at radius 3 is 2.12 bits per heavy atom. The minimum Gasteiger partial charge on any atom is -0.494 e. The highest BCUT2D eigenvalue weighted by molar-refractivity contribution is 7.92. The average Bonchev–Trinajstić information content (AvgIpc) is 2.97. The van der Waals surface area contributed by atoms with E-state index in [9.17, 15) is 18.0 Å². The lowest BCUT2D eigenvalue weighted by Crippen LogP contribution is -2.53. The van der Waals surface area contributed by atoms with Crippen molar-refractivity contribution in [2.75, 3.05) is 17.5 Å². The second-order valence-electron chi connectivity index (χ2n) is 9.75. The van der Waals surface area contributed by atoms with Crippen LogP contribution in [0.1, 0.15) is 46.1 Å². The standard InChI is InChI=1S/C31H37Cl2N3O5S/c1-5-22(4)34-31(38)29(6-2)35(20-23-10-8-9-11-28(23)33)30(37)21-36(25-14-16-26(17-15-25)41-7-3)42(39,40)27-18-12-24(32)13-19-27/h8-19,22,29H,5-7,20-21H2,1-4H3,(H,34,38)/t22-,29-/m0/s1. The van der Waals surface area contributed by atoms with E-state index in [-0.39, 0.29) is 29.1 Å². The molecule has 8 nitrogen and oxygen atoms in total. The van der Waals surface area contributed by atoms with Crippen molar-refractivity contribution >= 4 is 50.7 Å². The summed E-state index contributed by atoms with van der Waals surface area (Å²) in [6.45, 7) is 7.39. The van der Waals surface area contributed by atoms with Crippen molar-refractivity contribution < 1.29 is 22.7 Å². The predicted molar refractivity (Wildman–Crippen MR) is 168 cm³/mol. The monoisotopic (exact) mass is 633 g/mol. The Labute approximate surface area is 258 Å². The van der Waals surface area contributed by atoms with Crippen molar-refractivity contribution in [1.29, 1.82) is 0 Å². The first-order valence-electron chi connectivity index (χ1n) is 13.9. The van der Waals surface area contributed by atoms with Crippen LogP contribution in [0.25, 0.3) is 0 Å². The number of carbonyl (C=O) groups is 2. The molecule has 42 heavy (non-hydrogen) atoms. The molecule has 0 radical (unpaired) electrons. The fourth-order valence-corrected chi connectivity index (χ4v) is 6.04. The van der Waals surface area contributed by atoms with Crippen LogP contribution in [-0.4, -0.2) is 50.4 Å². The second-order valence-corrected chi connectivity index (χ2v) is 12.5. The summed E-state index contributed by atoms with van der Waals surface area (Å²) in [6, 6.07) is 18.3. The molecule has 3 aromatic rings. The Balaban J connectivity index is 2.07. The molecule has 0 saturated heterocycles. The summed E-state index contributed by atoms with van der Waals surface area (Å²) >= 11 is 12.5. The van der Waals surface area contributed by atoms with Gasteiger partial charge in [0.15, 0.2) is 0 Å². The van der Waals surface area contributed by atoms with Crippen LogP contribution in [0.4, 0.5) is 5.69 Å². The van der Waals surface area contributed by atoms with Gasteiger partial charge in [0, 0.05) is 22.6 Å². The molecular weight excluding hydrogens is 597 g/mol. The highest BCUT2D eigenvalue weighted by Crippen LogP contribution is 2.28. The maximum atomic E-state index is 14.2. The van der Waals surface area contributed by atoms with Crippen molar-refractivity contribution in [3.05, 3.63) is 88.4 Å². The molecule has 0 spiro atoms. The summed E-state index contributed by atoms with van der Waals surface area (Å²) in [5.41, 5.74) is 0.895. The number of rotatable bonds is 14. The number of amides is 2. The van der Waals surface area contributed by atoms with Gasteiger partial charge in [-0.1, -0.05) is 55.2 Å². The van der Waals surface area contributed by atoms with Crippen LogP contribution < -0.4 is 14.4 Å². The number of carbonyl (C=O) groups excluding carboxylic acids is 2. The third kappa shape index (κ3) is 8.40. The Morgan fingerprint density at radius 2 is 1.55 bits per heavy atom. The number of hydrogen-bond acceptors (Lipinski definition) is 5. The van der Waals surface area contributed by atoms with Gasteiger partial charge in [-0.15, -0.1) is 0 Å². The molecule has 0 aromatic heterocycles. The summed E-state index contributed by atoms with van der Waals surface area (Å²) in [7, 11) is -4.22. The third-order valence-corrected chi connectivity index (χ3v) is 9.21. The number of sulfonamides is 1. The van der Waals surface area contributed by atoms with Crippen LogP contribution in [0.15, 0.2) is 77.7 Å². The average molecular weight is 635 g/mol. The van der Waals surface area contributed by atoms with E-state index in [1.807, 2.05) is 27.7 Å². The summed E-state index contributed by atoms with van der Waals surface area (Å²) in [4.78, 5) is 28.9. The fourth-order valence-electron chi connectivity index (χ4n) is 4.31. The minimum atomic E-state index is -4.22. The van der Waals surface area contributed by atoms with Crippen LogP contribution in [0.5, 0.6) is 5.75 Å². The molecule has 0 unspecified atom stereocenters. The third-order valence-electron chi connectivity index (χ3n) is 6.80. The number of ether oxygens (including phenoxy) is 1. The minimum absolute atomic E-state index is 0.0169. The zero-order valence-corrected chi connectivity index (χ0v) is 26.5. The van der Waals surface area contributed by atoms with E-state index in [1.165, 1.54) is 29.2 Å². The van der Waals surface area contributed by atoms with Gasteiger partial charge in [0.05, 0.1) is 17.2 Å². The molecule has 0 fully saturated rings. The quantitative estimate of drug-likeness (QED) is 0.224. The molecule has 11 heteroatoms. The van der Waals surface area contributed by atoms with E-state index in [4.69, 9.17) is 27.9 Å². The molecule has 0 bridgehead atoms. The molecule has 0 saturated carbocycles. The smallest absolute Gasteiger partial charge is 0.264 e. The van der Waals surface area contributed by atoms with Gasteiger partial charge in [-0.25, -0.2) is 8.42 Å². The number of anilines is 1. The van der Waals surface area contributed by atoms with E-state index in [2.05, 4.69) is 5.32 Å². The maximum absolute atomic E-state index is 14.2. The van der Waals surface area contributed by atoms with Crippen molar-refractivity contribution in [3.8, 4) is 5.75 Å². The first kappa shape index (κ1) is 33.2. The SMILES string of the molecule is CCOc1ccc(N(CC(=O)N(Cc2ccccc2Cl)[C@@H](CC)C(=O)N[C@@H](C)CC)S(=O)(=O)c2ccc(Cl)cc2)cc1. The van der Waals surface area contributed by atoms with Crippen molar-refractivity contribution in [2.24, 2.45) is 0 Å². The topological polar surface area (TPSA) is 96.0 Å². The molecule has 1 N–H and O–H groups in total. The number of halogens is 2. The van der Waals surface area contributed by atoms with Gasteiger partial charge >= 0.3 is 0 Å². The van der Waals surface area contributed by atoms with E-state index in [0.717, 1.165) is 4.31 Å². The molecule has 0 aliphatic carbocycles. The summed E-state index contributed by atoms with van der Waals surface area (Å²) in [5.74, 6) is -0.322. The van der Waals surface area contributed by atoms with E-state index < -0.39 is 28.5 Å². The van der Waals surface area contributed by atoms with Gasteiger partial charge in [-0.3, -0.25) is 13.9 Å². The maximum Gasteiger partial charge on any atom is 0.264 e. The van der Waals surface area contributed by atoms with Crippen molar-refractivity contribution in [2.45, 2.75) is 64.1 Å². The summed E-state index contributed by atoms with van der Waals surface area (Å²) in [6.07, 6.45) is 1.02. The summed E-state index contributed by atoms with van der Waals surface area (Å²) < 4.78 is 34.5. The molecule has 226 valence electrons.